The number of anilines is 2. The predicted octanol–water partition coefficient (Wildman–Crippen LogP) is 4.04. The fourth-order valence-electron chi connectivity index (χ4n) is 2.26. The molecule has 0 atom stereocenters. The summed E-state index contributed by atoms with van der Waals surface area (Å²) in [6.45, 7) is 2.51. The van der Waals surface area contributed by atoms with Crippen molar-refractivity contribution in [1.82, 2.24) is 4.98 Å². The first-order valence-electron chi connectivity index (χ1n) is 7.53. The molecule has 2 aromatic carbocycles. The van der Waals surface area contributed by atoms with Gasteiger partial charge in [0.25, 0.3) is 5.91 Å². The molecule has 0 unspecified atom stereocenters. The van der Waals surface area contributed by atoms with Crippen molar-refractivity contribution >= 4 is 27.4 Å². The van der Waals surface area contributed by atoms with Crippen LogP contribution >= 0.6 is 11.3 Å². The molecule has 0 bridgehead atoms. The maximum absolute atomic E-state index is 12.5. The highest BCUT2D eigenvalue weighted by molar-refractivity contribution is 7.20. The van der Waals surface area contributed by atoms with Gasteiger partial charge in [-0.3, -0.25) is 4.79 Å². The Hall–Kier alpha value is -2.86. The smallest absolute Gasteiger partial charge is 0.256 e. The Morgan fingerprint density at radius 2 is 1.88 bits per heavy atom. The molecule has 1 heterocycles. The van der Waals surface area contributed by atoms with Crippen molar-refractivity contribution in [3.8, 4) is 17.0 Å². The van der Waals surface area contributed by atoms with Gasteiger partial charge in [-0.25, -0.2) is 4.98 Å². The molecule has 0 aliphatic heterocycles. The van der Waals surface area contributed by atoms with Crippen LogP contribution in [0.15, 0.2) is 54.6 Å². The number of rotatable bonds is 5. The van der Waals surface area contributed by atoms with Crippen LogP contribution in [0.3, 0.4) is 0 Å². The van der Waals surface area contributed by atoms with Gasteiger partial charge in [0.2, 0.25) is 0 Å². The summed E-state index contributed by atoms with van der Waals surface area (Å²) < 4.78 is 5.38. The first kappa shape index (κ1) is 16.0. The zero-order valence-electron chi connectivity index (χ0n) is 13.2. The van der Waals surface area contributed by atoms with Crippen molar-refractivity contribution in [2.45, 2.75) is 6.92 Å². The highest BCUT2D eigenvalue weighted by Crippen LogP contribution is 2.34. The molecular formula is C18H17N3O2S. The molecule has 0 radical (unpaired) electrons. The lowest BCUT2D eigenvalue weighted by atomic mass is 10.1. The molecule has 0 aliphatic carbocycles. The van der Waals surface area contributed by atoms with E-state index in [1.807, 2.05) is 37.3 Å². The highest BCUT2D eigenvalue weighted by Gasteiger charge is 2.15. The van der Waals surface area contributed by atoms with Crippen molar-refractivity contribution in [2.24, 2.45) is 0 Å². The Morgan fingerprint density at radius 1 is 1.17 bits per heavy atom. The summed E-state index contributed by atoms with van der Waals surface area (Å²) in [5.74, 6) is 0.528. The minimum absolute atomic E-state index is 0.209. The number of nitrogens with two attached hydrogens (primary N) is 1. The van der Waals surface area contributed by atoms with Crippen LogP contribution < -0.4 is 15.8 Å². The van der Waals surface area contributed by atoms with Gasteiger partial charge in [-0.1, -0.05) is 41.7 Å². The van der Waals surface area contributed by atoms with Gasteiger partial charge < -0.3 is 15.8 Å². The summed E-state index contributed by atoms with van der Waals surface area (Å²) in [6.07, 6.45) is 0. The molecule has 1 amide bonds. The molecular weight excluding hydrogens is 322 g/mol. The number of aromatic nitrogens is 1. The van der Waals surface area contributed by atoms with E-state index in [4.69, 9.17) is 10.5 Å². The van der Waals surface area contributed by atoms with Crippen LogP contribution in [-0.2, 0) is 0 Å². The number of hydrogen-bond donors (Lipinski definition) is 2. The molecule has 0 saturated heterocycles. The molecule has 3 rings (SSSR count). The Bertz CT molecular complexity index is 829. The fraction of sp³-hybridized carbons (Fsp3) is 0.111. The van der Waals surface area contributed by atoms with Gasteiger partial charge in [0.05, 0.1) is 6.61 Å². The van der Waals surface area contributed by atoms with Crippen molar-refractivity contribution in [1.29, 1.82) is 0 Å². The van der Waals surface area contributed by atoms with Gasteiger partial charge in [0.15, 0.2) is 5.13 Å². The molecule has 3 aromatic rings. The van der Waals surface area contributed by atoms with Crippen LogP contribution in [0, 0.1) is 0 Å². The van der Waals surface area contributed by atoms with E-state index in [-0.39, 0.29) is 5.91 Å². The first-order valence-corrected chi connectivity index (χ1v) is 8.35. The number of carbonyl (C=O) groups excluding carboxylic acids is 1. The number of nitrogen functional groups attached to an aromatic ring is 1. The summed E-state index contributed by atoms with van der Waals surface area (Å²) >= 11 is 1.25. The van der Waals surface area contributed by atoms with Crippen LogP contribution in [0.1, 0.15) is 17.3 Å². The van der Waals surface area contributed by atoms with Crippen LogP contribution in [-0.4, -0.2) is 17.5 Å². The maximum atomic E-state index is 12.5. The quantitative estimate of drug-likeness (QED) is 0.735. The zero-order chi connectivity index (χ0) is 16.9. The Balaban J connectivity index is 1.82. The number of nitrogens with one attached hydrogen (secondary N) is 1. The van der Waals surface area contributed by atoms with Crippen LogP contribution in [0.5, 0.6) is 5.75 Å². The van der Waals surface area contributed by atoms with E-state index < -0.39 is 0 Å². The fourth-order valence-corrected chi connectivity index (χ4v) is 3.01. The molecule has 3 N–H and O–H groups in total. The van der Waals surface area contributed by atoms with Crippen molar-refractivity contribution in [2.75, 3.05) is 17.7 Å². The summed E-state index contributed by atoms with van der Waals surface area (Å²) in [7, 11) is 0. The number of ether oxygens (including phenoxy) is 1. The predicted molar refractivity (Wildman–Crippen MR) is 97.5 cm³/mol. The lowest BCUT2D eigenvalue weighted by Gasteiger charge is -2.07. The number of hydrogen-bond acceptors (Lipinski definition) is 5. The Kier molecular flexibility index (Phi) is 4.77. The van der Waals surface area contributed by atoms with Crippen molar-refractivity contribution in [3.05, 3.63) is 60.2 Å². The second-order valence-corrected chi connectivity index (χ2v) is 6.04. The van der Waals surface area contributed by atoms with Gasteiger partial charge in [0.1, 0.15) is 16.4 Å². The molecule has 0 aliphatic rings. The van der Waals surface area contributed by atoms with Crippen molar-refractivity contribution < 1.29 is 9.53 Å². The van der Waals surface area contributed by atoms with E-state index in [1.165, 1.54) is 11.3 Å². The summed E-state index contributed by atoms with van der Waals surface area (Å²) in [4.78, 5) is 16.8. The average Bonchev–Trinajstić information content (AvgIpc) is 2.97. The van der Waals surface area contributed by atoms with Crippen molar-refractivity contribution in [3.63, 3.8) is 0 Å². The molecule has 24 heavy (non-hydrogen) atoms. The summed E-state index contributed by atoms with van der Waals surface area (Å²) in [5, 5.41) is 3.94. The zero-order valence-corrected chi connectivity index (χ0v) is 14.0. The number of thiazole rings is 1. The molecule has 0 fully saturated rings. The monoisotopic (exact) mass is 339 g/mol. The molecule has 5 nitrogen and oxygen atoms in total. The Morgan fingerprint density at radius 3 is 2.54 bits per heavy atom. The van der Waals surface area contributed by atoms with Crippen LogP contribution in [0.4, 0.5) is 10.1 Å². The van der Waals surface area contributed by atoms with Gasteiger partial charge in [-0.2, -0.15) is 0 Å². The third-order valence-corrected chi connectivity index (χ3v) is 4.15. The summed E-state index contributed by atoms with van der Waals surface area (Å²) in [6, 6.07) is 16.6. The topological polar surface area (TPSA) is 77.2 Å². The van der Waals surface area contributed by atoms with Gasteiger partial charge in [-0.15, -0.1) is 0 Å². The number of benzene rings is 2. The number of amides is 1. The molecule has 6 heteroatoms. The van der Waals surface area contributed by atoms with E-state index >= 15 is 0 Å². The molecule has 122 valence electrons. The van der Waals surface area contributed by atoms with E-state index in [0.29, 0.717) is 28.0 Å². The lowest BCUT2D eigenvalue weighted by molar-refractivity contribution is 0.102. The second kappa shape index (κ2) is 7.14. The standard InChI is InChI=1S/C18H17N3O2S/c1-2-23-14-10-8-13(9-11-14)16(22)21-17-15(20-18(19)24-17)12-6-4-3-5-7-12/h3-11H,2H2,1H3,(H2,19,20)(H,21,22). The second-order valence-electron chi connectivity index (χ2n) is 5.01. The minimum Gasteiger partial charge on any atom is -0.494 e. The van der Waals surface area contributed by atoms with Crippen LogP contribution in [0.25, 0.3) is 11.3 Å². The van der Waals surface area contributed by atoms with Gasteiger partial charge in [-0.05, 0) is 31.2 Å². The average molecular weight is 339 g/mol. The van der Waals surface area contributed by atoms with Gasteiger partial charge in [0, 0.05) is 11.1 Å². The van der Waals surface area contributed by atoms with E-state index in [9.17, 15) is 4.79 Å². The SMILES string of the molecule is CCOc1ccc(C(=O)Nc2sc(N)nc2-c2ccccc2)cc1. The maximum Gasteiger partial charge on any atom is 0.256 e. The van der Waals surface area contributed by atoms with E-state index in [2.05, 4.69) is 10.3 Å². The summed E-state index contributed by atoms with van der Waals surface area (Å²) in [5.41, 5.74) is 7.96. The van der Waals surface area contributed by atoms with E-state index in [0.717, 1.165) is 11.3 Å². The van der Waals surface area contributed by atoms with Crippen LogP contribution in [0.2, 0.25) is 0 Å². The molecule has 1 aromatic heterocycles. The number of nitrogens with zero attached hydrogens (tertiary/aromatic N) is 1. The molecule has 0 spiro atoms. The first-order chi connectivity index (χ1) is 11.7. The Labute approximate surface area is 144 Å². The third-order valence-electron chi connectivity index (χ3n) is 3.35. The minimum atomic E-state index is -0.209. The lowest BCUT2D eigenvalue weighted by Crippen LogP contribution is -2.11. The third kappa shape index (κ3) is 3.55. The number of carbonyl (C=O) groups is 1. The normalized spacial score (nSPS) is 10.4. The van der Waals surface area contributed by atoms with Gasteiger partial charge >= 0.3 is 0 Å². The van der Waals surface area contributed by atoms with E-state index in [1.54, 1.807) is 24.3 Å². The molecule has 0 saturated carbocycles. The highest BCUT2D eigenvalue weighted by atomic mass is 32.1. The largest absolute Gasteiger partial charge is 0.494 e.